The highest BCUT2D eigenvalue weighted by atomic mass is 35.5. The highest BCUT2D eigenvalue weighted by molar-refractivity contribution is 5.92. The van der Waals surface area contributed by atoms with Crippen molar-refractivity contribution in [1.82, 2.24) is 10.2 Å². The molecule has 0 radical (unpaired) electrons. The fraction of sp³-hybridized carbons (Fsp3) is 0.467. The number of carbonyl (C=O) groups is 2. The predicted molar refractivity (Wildman–Crippen MR) is 86.4 cm³/mol. The Morgan fingerprint density at radius 1 is 1.27 bits per heavy atom. The lowest BCUT2D eigenvalue weighted by atomic mass is 10.1. The van der Waals surface area contributed by atoms with E-state index in [-0.39, 0.29) is 31.0 Å². The molecule has 1 aromatic rings. The van der Waals surface area contributed by atoms with E-state index in [4.69, 9.17) is 10.5 Å². The van der Waals surface area contributed by atoms with Gasteiger partial charge >= 0.3 is 0 Å². The summed E-state index contributed by atoms with van der Waals surface area (Å²) in [7, 11) is 1.82. The molecule has 0 aliphatic carbocycles. The molecule has 22 heavy (non-hydrogen) atoms. The van der Waals surface area contributed by atoms with Crippen molar-refractivity contribution in [2.24, 2.45) is 5.73 Å². The standard InChI is InChI=1S/C15H21N3O3.ClH/c1-18(12-6-8-17-9-7-12)14(19)10-21-13-4-2-11(3-5-13)15(16)20;/h2-5,12,17H,6-10H2,1H3,(H2,16,20);1H. The van der Waals surface area contributed by atoms with Crippen molar-refractivity contribution in [3.63, 3.8) is 0 Å². The second-order valence-electron chi connectivity index (χ2n) is 5.16. The third-order valence-corrected chi connectivity index (χ3v) is 3.75. The molecule has 1 aromatic carbocycles. The molecular weight excluding hydrogens is 306 g/mol. The maximum atomic E-state index is 12.1. The van der Waals surface area contributed by atoms with Crippen LogP contribution in [0.3, 0.4) is 0 Å². The van der Waals surface area contributed by atoms with E-state index in [9.17, 15) is 9.59 Å². The van der Waals surface area contributed by atoms with E-state index < -0.39 is 5.91 Å². The Bertz CT molecular complexity index is 501. The minimum absolute atomic E-state index is 0. The number of ether oxygens (including phenoxy) is 1. The maximum Gasteiger partial charge on any atom is 0.260 e. The highest BCUT2D eigenvalue weighted by Gasteiger charge is 2.21. The van der Waals surface area contributed by atoms with Gasteiger partial charge in [-0.3, -0.25) is 9.59 Å². The zero-order valence-electron chi connectivity index (χ0n) is 12.6. The zero-order chi connectivity index (χ0) is 15.2. The first-order valence-electron chi connectivity index (χ1n) is 7.07. The molecule has 6 nitrogen and oxygen atoms in total. The minimum Gasteiger partial charge on any atom is -0.484 e. The Morgan fingerprint density at radius 3 is 2.41 bits per heavy atom. The number of hydrogen-bond acceptors (Lipinski definition) is 4. The summed E-state index contributed by atoms with van der Waals surface area (Å²) >= 11 is 0. The largest absolute Gasteiger partial charge is 0.484 e. The zero-order valence-corrected chi connectivity index (χ0v) is 13.4. The van der Waals surface area contributed by atoms with Crippen LogP contribution in [0.5, 0.6) is 5.75 Å². The molecule has 1 saturated heterocycles. The number of hydrogen-bond donors (Lipinski definition) is 2. The monoisotopic (exact) mass is 327 g/mol. The molecule has 0 saturated carbocycles. The van der Waals surface area contributed by atoms with Crippen molar-refractivity contribution in [1.29, 1.82) is 0 Å². The van der Waals surface area contributed by atoms with Crippen molar-refractivity contribution in [3.05, 3.63) is 29.8 Å². The van der Waals surface area contributed by atoms with Gasteiger partial charge < -0.3 is 20.7 Å². The molecule has 0 bridgehead atoms. The summed E-state index contributed by atoms with van der Waals surface area (Å²) in [5.41, 5.74) is 5.58. The number of piperidine rings is 1. The van der Waals surface area contributed by atoms with E-state index in [1.807, 2.05) is 7.05 Å². The summed E-state index contributed by atoms with van der Waals surface area (Å²) in [6.45, 7) is 1.88. The lowest BCUT2D eigenvalue weighted by Crippen LogP contribution is -2.45. The lowest BCUT2D eigenvalue weighted by Gasteiger charge is -2.31. The number of benzene rings is 1. The molecule has 0 aromatic heterocycles. The highest BCUT2D eigenvalue weighted by Crippen LogP contribution is 2.13. The fourth-order valence-electron chi connectivity index (χ4n) is 2.36. The van der Waals surface area contributed by atoms with Gasteiger partial charge in [0, 0.05) is 18.7 Å². The van der Waals surface area contributed by atoms with Crippen molar-refractivity contribution >= 4 is 24.2 Å². The number of nitrogens with zero attached hydrogens (tertiary/aromatic N) is 1. The summed E-state index contributed by atoms with van der Waals surface area (Å²) in [4.78, 5) is 24.8. The Balaban J connectivity index is 0.00000242. The molecule has 1 fully saturated rings. The van der Waals surface area contributed by atoms with Crippen LogP contribution in [-0.4, -0.2) is 49.5 Å². The van der Waals surface area contributed by atoms with Crippen LogP contribution >= 0.6 is 12.4 Å². The summed E-state index contributed by atoms with van der Waals surface area (Å²) in [5, 5.41) is 3.27. The average molecular weight is 328 g/mol. The number of carbonyl (C=O) groups excluding carboxylic acids is 2. The second kappa shape index (κ2) is 8.60. The van der Waals surface area contributed by atoms with Gasteiger partial charge in [-0.1, -0.05) is 0 Å². The fourth-order valence-corrected chi connectivity index (χ4v) is 2.36. The number of nitrogens with two attached hydrogens (primary N) is 1. The van der Waals surface area contributed by atoms with Crippen LogP contribution in [-0.2, 0) is 4.79 Å². The van der Waals surface area contributed by atoms with Gasteiger partial charge in [0.15, 0.2) is 6.61 Å². The molecule has 1 aliphatic heterocycles. The maximum absolute atomic E-state index is 12.1. The number of nitrogens with one attached hydrogen (secondary N) is 1. The quantitative estimate of drug-likeness (QED) is 0.837. The first-order valence-corrected chi connectivity index (χ1v) is 7.07. The van der Waals surface area contributed by atoms with Crippen LogP contribution in [0, 0.1) is 0 Å². The Kier molecular flexibility index (Phi) is 7.14. The van der Waals surface area contributed by atoms with Crippen LogP contribution in [0.1, 0.15) is 23.2 Å². The third kappa shape index (κ3) is 4.89. The van der Waals surface area contributed by atoms with Gasteiger partial charge in [0.2, 0.25) is 5.91 Å². The van der Waals surface area contributed by atoms with Gasteiger partial charge in [0.05, 0.1) is 0 Å². The van der Waals surface area contributed by atoms with E-state index in [0.29, 0.717) is 11.3 Å². The summed E-state index contributed by atoms with van der Waals surface area (Å²) < 4.78 is 5.46. The summed E-state index contributed by atoms with van der Waals surface area (Å²) in [6, 6.07) is 6.72. The van der Waals surface area contributed by atoms with E-state index in [1.54, 1.807) is 29.2 Å². The minimum atomic E-state index is -0.483. The molecule has 122 valence electrons. The van der Waals surface area contributed by atoms with E-state index in [2.05, 4.69) is 5.32 Å². The lowest BCUT2D eigenvalue weighted by molar-refractivity contribution is -0.134. The molecule has 3 N–H and O–H groups in total. The van der Waals surface area contributed by atoms with E-state index in [0.717, 1.165) is 25.9 Å². The predicted octanol–water partition coefficient (Wildman–Crippen LogP) is 0.796. The number of primary amides is 1. The second-order valence-corrected chi connectivity index (χ2v) is 5.16. The smallest absolute Gasteiger partial charge is 0.260 e. The molecular formula is C15H22ClN3O3. The van der Waals surface area contributed by atoms with Crippen LogP contribution < -0.4 is 15.8 Å². The molecule has 0 unspecified atom stereocenters. The van der Waals surface area contributed by atoms with Crippen molar-refractivity contribution in [2.75, 3.05) is 26.7 Å². The number of rotatable bonds is 5. The summed E-state index contributed by atoms with van der Waals surface area (Å²) in [6.07, 6.45) is 1.94. The SMILES string of the molecule is CN(C(=O)COc1ccc(C(N)=O)cc1)C1CCNCC1.Cl. The average Bonchev–Trinajstić information content (AvgIpc) is 2.53. The van der Waals surface area contributed by atoms with Gasteiger partial charge in [-0.05, 0) is 50.2 Å². The molecule has 7 heteroatoms. The number of amides is 2. The van der Waals surface area contributed by atoms with Gasteiger partial charge in [0.25, 0.3) is 5.91 Å². The molecule has 2 rings (SSSR count). The van der Waals surface area contributed by atoms with Gasteiger partial charge in [0.1, 0.15) is 5.75 Å². The van der Waals surface area contributed by atoms with Gasteiger partial charge in [-0.25, -0.2) is 0 Å². The van der Waals surface area contributed by atoms with Crippen LogP contribution in [0.25, 0.3) is 0 Å². The number of halogens is 1. The van der Waals surface area contributed by atoms with Crippen LogP contribution in [0.15, 0.2) is 24.3 Å². The number of likely N-dealkylation sites (N-methyl/N-ethyl adjacent to an activating group) is 1. The van der Waals surface area contributed by atoms with E-state index >= 15 is 0 Å². The normalized spacial score (nSPS) is 14.8. The first-order chi connectivity index (χ1) is 10.1. The van der Waals surface area contributed by atoms with Crippen LogP contribution in [0.2, 0.25) is 0 Å². The Morgan fingerprint density at radius 2 is 1.86 bits per heavy atom. The summed E-state index contributed by atoms with van der Waals surface area (Å²) in [5.74, 6) is 0.0243. The van der Waals surface area contributed by atoms with E-state index in [1.165, 1.54) is 0 Å². The van der Waals surface area contributed by atoms with Gasteiger partial charge in [-0.2, -0.15) is 0 Å². The molecule has 0 atom stereocenters. The van der Waals surface area contributed by atoms with Crippen LogP contribution in [0.4, 0.5) is 0 Å². The van der Waals surface area contributed by atoms with Crippen molar-refractivity contribution in [2.45, 2.75) is 18.9 Å². The van der Waals surface area contributed by atoms with Crippen molar-refractivity contribution < 1.29 is 14.3 Å². The molecule has 1 heterocycles. The van der Waals surface area contributed by atoms with Gasteiger partial charge in [-0.15, -0.1) is 12.4 Å². The molecule has 1 aliphatic rings. The Labute approximate surface area is 136 Å². The molecule has 0 spiro atoms. The topological polar surface area (TPSA) is 84.7 Å². The third-order valence-electron chi connectivity index (χ3n) is 3.75. The Hall–Kier alpha value is -1.79. The molecule has 2 amide bonds. The van der Waals surface area contributed by atoms with Crippen molar-refractivity contribution in [3.8, 4) is 5.75 Å². The first kappa shape index (κ1) is 18.3.